The molecule has 4 nitrogen and oxygen atoms in total. The number of carbonyl (C=O) groups excluding carboxylic acids is 1. The number of rotatable bonds is 2. The van der Waals surface area contributed by atoms with E-state index in [1.165, 1.54) is 0 Å². The van der Waals surface area contributed by atoms with Crippen molar-refractivity contribution in [3.05, 3.63) is 18.3 Å². The van der Waals surface area contributed by atoms with Crippen LogP contribution in [0.25, 0.3) is 0 Å². The standard InChI is InChI=1S/C10H13N3O/c11-8-5-2-6-12-9(8)13-10(14)7-3-1-4-7/h2,5-7H,1,3-4,11H2,(H,12,13,14). The summed E-state index contributed by atoms with van der Waals surface area (Å²) in [7, 11) is 0. The number of amides is 1. The lowest BCUT2D eigenvalue weighted by Gasteiger charge is -2.23. The van der Waals surface area contributed by atoms with Crippen LogP contribution in [-0.4, -0.2) is 10.9 Å². The SMILES string of the molecule is Nc1cccnc1NC(=O)C1CCC1. The van der Waals surface area contributed by atoms with Crippen LogP contribution in [0.4, 0.5) is 11.5 Å². The fourth-order valence-corrected chi connectivity index (χ4v) is 1.41. The van der Waals surface area contributed by atoms with Crippen molar-refractivity contribution in [1.29, 1.82) is 0 Å². The molecule has 1 aromatic heterocycles. The van der Waals surface area contributed by atoms with Gasteiger partial charge in [-0.25, -0.2) is 4.98 Å². The fraction of sp³-hybridized carbons (Fsp3) is 0.400. The molecule has 0 radical (unpaired) electrons. The zero-order chi connectivity index (χ0) is 9.97. The Morgan fingerprint density at radius 1 is 1.57 bits per heavy atom. The Hall–Kier alpha value is -1.58. The van der Waals surface area contributed by atoms with E-state index in [0.29, 0.717) is 11.5 Å². The molecule has 74 valence electrons. The number of nitrogens with zero attached hydrogens (tertiary/aromatic N) is 1. The minimum Gasteiger partial charge on any atom is -0.396 e. The van der Waals surface area contributed by atoms with E-state index in [1.807, 2.05) is 0 Å². The fourth-order valence-electron chi connectivity index (χ4n) is 1.41. The summed E-state index contributed by atoms with van der Waals surface area (Å²) in [6.45, 7) is 0. The van der Waals surface area contributed by atoms with Crippen molar-refractivity contribution >= 4 is 17.4 Å². The third-order valence-electron chi connectivity index (χ3n) is 2.56. The Morgan fingerprint density at radius 2 is 2.36 bits per heavy atom. The first-order chi connectivity index (χ1) is 6.77. The molecule has 1 aromatic rings. The molecule has 1 saturated carbocycles. The molecule has 3 N–H and O–H groups in total. The highest BCUT2D eigenvalue weighted by Crippen LogP contribution is 2.27. The first-order valence-electron chi connectivity index (χ1n) is 4.79. The van der Waals surface area contributed by atoms with E-state index >= 15 is 0 Å². The number of nitrogen functional groups attached to an aromatic ring is 1. The molecule has 1 amide bonds. The van der Waals surface area contributed by atoms with Crippen molar-refractivity contribution in [3.63, 3.8) is 0 Å². The summed E-state index contributed by atoms with van der Waals surface area (Å²) >= 11 is 0. The van der Waals surface area contributed by atoms with Crippen LogP contribution in [0, 0.1) is 5.92 Å². The van der Waals surface area contributed by atoms with Gasteiger partial charge >= 0.3 is 0 Å². The van der Waals surface area contributed by atoms with E-state index in [9.17, 15) is 4.79 Å². The number of hydrogen-bond acceptors (Lipinski definition) is 3. The van der Waals surface area contributed by atoms with Gasteiger partial charge in [0.05, 0.1) is 5.69 Å². The molecule has 2 rings (SSSR count). The molecule has 0 saturated heterocycles. The summed E-state index contributed by atoms with van der Waals surface area (Å²) in [4.78, 5) is 15.5. The van der Waals surface area contributed by atoms with Crippen molar-refractivity contribution in [2.45, 2.75) is 19.3 Å². The predicted molar refractivity (Wildman–Crippen MR) is 54.6 cm³/mol. The minimum atomic E-state index is 0.0432. The van der Waals surface area contributed by atoms with Gasteiger partial charge in [0.25, 0.3) is 0 Å². The molecule has 1 heterocycles. The number of aromatic nitrogens is 1. The van der Waals surface area contributed by atoms with Gasteiger partial charge in [0.15, 0.2) is 5.82 Å². The number of carbonyl (C=O) groups is 1. The van der Waals surface area contributed by atoms with Gasteiger partial charge in [0.1, 0.15) is 0 Å². The van der Waals surface area contributed by atoms with Crippen LogP contribution in [0.3, 0.4) is 0 Å². The van der Waals surface area contributed by atoms with Gasteiger partial charge in [0, 0.05) is 12.1 Å². The van der Waals surface area contributed by atoms with Crippen LogP contribution in [0.2, 0.25) is 0 Å². The normalized spacial score (nSPS) is 16.0. The van der Waals surface area contributed by atoms with Crippen LogP contribution >= 0.6 is 0 Å². The Labute approximate surface area is 82.5 Å². The summed E-state index contributed by atoms with van der Waals surface area (Å²) < 4.78 is 0. The number of anilines is 2. The summed E-state index contributed by atoms with van der Waals surface area (Å²) in [5, 5.41) is 2.74. The highest BCUT2D eigenvalue weighted by molar-refractivity contribution is 5.94. The molecule has 14 heavy (non-hydrogen) atoms. The third-order valence-corrected chi connectivity index (χ3v) is 2.56. The van der Waals surface area contributed by atoms with E-state index in [4.69, 9.17) is 5.73 Å². The number of nitrogens with two attached hydrogens (primary N) is 1. The Morgan fingerprint density at radius 3 is 2.93 bits per heavy atom. The maximum atomic E-state index is 11.5. The average Bonchev–Trinajstić information content (AvgIpc) is 2.05. The average molecular weight is 191 g/mol. The van der Waals surface area contributed by atoms with Gasteiger partial charge in [0.2, 0.25) is 5.91 Å². The molecular weight excluding hydrogens is 178 g/mol. The largest absolute Gasteiger partial charge is 0.396 e. The molecule has 1 fully saturated rings. The van der Waals surface area contributed by atoms with Crippen molar-refractivity contribution in [2.24, 2.45) is 5.92 Å². The van der Waals surface area contributed by atoms with Crippen LogP contribution in [0.15, 0.2) is 18.3 Å². The summed E-state index contributed by atoms with van der Waals surface area (Å²) in [6, 6.07) is 3.47. The second-order valence-corrected chi connectivity index (χ2v) is 3.56. The second kappa shape index (κ2) is 3.65. The first kappa shape index (κ1) is 8.99. The van der Waals surface area contributed by atoms with E-state index < -0.39 is 0 Å². The smallest absolute Gasteiger partial charge is 0.228 e. The van der Waals surface area contributed by atoms with Gasteiger partial charge in [-0.2, -0.15) is 0 Å². The Kier molecular flexibility index (Phi) is 2.35. The molecule has 0 unspecified atom stereocenters. The minimum absolute atomic E-state index is 0.0432. The number of hydrogen-bond donors (Lipinski definition) is 2. The predicted octanol–water partition coefficient (Wildman–Crippen LogP) is 1.40. The van der Waals surface area contributed by atoms with E-state index in [2.05, 4.69) is 10.3 Å². The van der Waals surface area contributed by atoms with Gasteiger partial charge in [-0.1, -0.05) is 6.42 Å². The van der Waals surface area contributed by atoms with Gasteiger partial charge in [-0.05, 0) is 25.0 Å². The molecule has 1 aliphatic rings. The summed E-state index contributed by atoms with van der Waals surface area (Å²) in [6.07, 6.45) is 4.74. The van der Waals surface area contributed by atoms with Crippen LogP contribution in [0.1, 0.15) is 19.3 Å². The molecule has 0 bridgehead atoms. The zero-order valence-electron chi connectivity index (χ0n) is 7.86. The molecule has 4 heteroatoms. The summed E-state index contributed by atoms with van der Waals surface area (Å²) in [5.74, 6) is 0.683. The Balaban J connectivity index is 2.03. The molecule has 0 aromatic carbocycles. The topological polar surface area (TPSA) is 68.0 Å². The maximum Gasteiger partial charge on any atom is 0.228 e. The monoisotopic (exact) mass is 191 g/mol. The molecule has 0 aliphatic heterocycles. The zero-order valence-corrected chi connectivity index (χ0v) is 7.86. The number of pyridine rings is 1. The molecular formula is C10H13N3O. The van der Waals surface area contributed by atoms with Crippen LogP contribution in [0.5, 0.6) is 0 Å². The Bertz CT molecular complexity index is 347. The lowest BCUT2D eigenvalue weighted by molar-refractivity contribution is -0.122. The first-order valence-corrected chi connectivity index (χ1v) is 4.79. The highest BCUT2D eigenvalue weighted by atomic mass is 16.2. The van der Waals surface area contributed by atoms with Gasteiger partial charge in [-0.15, -0.1) is 0 Å². The second-order valence-electron chi connectivity index (χ2n) is 3.56. The van der Waals surface area contributed by atoms with E-state index in [-0.39, 0.29) is 11.8 Å². The van der Waals surface area contributed by atoms with Crippen LogP contribution < -0.4 is 11.1 Å². The van der Waals surface area contributed by atoms with Gasteiger partial charge < -0.3 is 11.1 Å². The van der Waals surface area contributed by atoms with Gasteiger partial charge in [-0.3, -0.25) is 4.79 Å². The molecule has 1 aliphatic carbocycles. The lowest BCUT2D eigenvalue weighted by atomic mass is 9.85. The van der Waals surface area contributed by atoms with Crippen molar-refractivity contribution in [1.82, 2.24) is 4.98 Å². The van der Waals surface area contributed by atoms with E-state index in [0.717, 1.165) is 19.3 Å². The number of nitrogens with one attached hydrogen (secondary N) is 1. The van der Waals surface area contributed by atoms with Crippen molar-refractivity contribution in [2.75, 3.05) is 11.1 Å². The lowest BCUT2D eigenvalue weighted by Crippen LogP contribution is -2.28. The quantitative estimate of drug-likeness (QED) is 0.742. The van der Waals surface area contributed by atoms with Crippen LogP contribution in [-0.2, 0) is 4.79 Å². The molecule has 0 atom stereocenters. The van der Waals surface area contributed by atoms with Crippen molar-refractivity contribution in [3.8, 4) is 0 Å². The van der Waals surface area contributed by atoms with E-state index in [1.54, 1.807) is 18.3 Å². The maximum absolute atomic E-state index is 11.5. The summed E-state index contributed by atoms with van der Waals surface area (Å²) in [5.41, 5.74) is 6.17. The molecule has 0 spiro atoms. The third kappa shape index (κ3) is 1.69. The van der Waals surface area contributed by atoms with Crippen molar-refractivity contribution < 1.29 is 4.79 Å². The highest BCUT2D eigenvalue weighted by Gasteiger charge is 2.25.